The normalized spacial score (nSPS) is 11.8. The number of fused-ring (bicyclic) bond motifs is 3. The molecule has 132 valence electrons. The van der Waals surface area contributed by atoms with E-state index in [1.54, 1.807) is 12.1 Å². The molecule has 8 heteroatoms. The van der Waals surface area contributed by atoms with Crippen molar-refractivity contribution in [3.05, 3.63) is 59.1 Å². The third kappa shape index (κ3) is 3.04. The van der Waals surface area contributed by atoms with Crippen LogP contribution in [0.4, 0.5) is 5.13 Å². The molecule has 0 aliphatic heterocycles. The van der Waals surface area contributed by atoms with Gasteiger partial charge in [0.1, 0.15) is 10.6 Å². The molecule has 0 saturated carbocycles. The van der Waals surface area contributed by atoms with Crippen LogP contribution in [0.15, 0.2) is 64.0 Å². The summed E-state index contributed by atoms with van der Waals surface area (Å²) in [7, 11) is -2.40. The molecule has 4 rings (SSSR count). The number of methoxy groups -OCH3 is 1. The molecule has 5 nitrogen and oxygen atoms in total. The van der Waals surface area contributed by atoms with Crippen LogP contribution in [0, 0.1) is 0 Å². The van der Waals surface area contributed by atoms with E-state index in [-0.39, 0.29) is 10.6 Å². The lowest BCUT2D eigenvalue weighted by atomic mass is 10.1. The molecule has 26 heavy (non-hydrogen) atoms. The van der Waals surface area contributed by atoms with Gasteiger partial charge in [0.25, 0.3) is 10.0 Å². The molecule has 0 aliphatic rings. The maximum atomic E-state index is 12.8. The zero-order chi connectivity index (χ0) is 18.3. The number of hydrogen-bond donors (Lipinski definition) is 1. The first-order chi connectivity index (χ1) is 12.5. The second kappa shape index (κ2) is 6.53. The predicted octanol–water partition coefficient (Wildman–Crippen LogP) is 5.02. The van der Waals surface area contributed by atoms with Crippen molar-refractivity contribution in [1.82, 2.24) is 4.98 Å². The van der Waals surface area contributed by atoms with Gasteiger partial charge in [-0.1, -0.05) is 57.6 Å². The average molecular weight is 449 g/mol. The molecule has 1 aromatic heterocycles. The van der Waals surface area contributed by atoms with E-state index in [1.165, 1.54) is 24.5 Å². The molecule has 1 N–H and O–H groups in total. The summed E-state index contributed by atoms with van der Waals surface area (Å²) in [5, 5.41) is 2.37. The molecule has 0 aliphatic carbocycles. The zero-order valence-corrected chi connectivity index (χ0v) is 16.8. The number of rotatable bonds is 4. The van der Waals surface area contributed by atoms with Gasteiger partial charge in [-0.3, -0.25) is 4.72 Å². The van der Waals surface area contributed by atoms with E-state index in [0.29, 0.717) is 9.60 Å². The highest BCUT2D eigenvalue weighted by Crippen LogP contribution is 2.34. The van der Waals surface area contributed by atoms with Crippen LogP contribution < -0.4 is 9.46 Å². The number of hydrogen-bond acceptors (Lipinski definition) is 5. The summed E-state index contributed by atoms with van der Waals surface area (Å²) < 4.78 is 35.0. The van der Waals surface area contributed by atoms with E-state index in [4.69, 9.17) is 4.74 Å². The first kappa shape index (κ1) is 17.3. The van der Waals surface area contributed by atoms with E-state index in [9.17, 15) is 8.42 Å². The molecule has 0 amide bonds. The molecule has 0 atom stereocenters. The van der Waals surface area contributed by atoms with Crippen molar-refractivity contribution < 1.29 is 13.2 Å². The van der Waals surface area contributed by atoms with Gasteiger partial charge in [0.2, 0.25) is 0 Å². The van der Waals surface area contributed by atoms with Crippen LogP contribution in [0.3, 0.4) is 0 Å². The van der Waals surface area contributed by atoms with Crippen LogP contribution in [0.5, 0.6) is 5.75 Å². The van der Waals surface area contributed by atoms with Gasteiger partial charge in [0.15, 0.2) is 5.13 Å². The SMILES string of the molecule is COc1ccc(Br)cc1S(=O)(=O)Nc1nc2c(ccc3ccccc32)s1. The van der Waals surface area contributed by atoms with Crippen LogP contribution in [0.25, 0.3) is 21.0 Å². The lowest BCUT2D eigenvalue weighted by molar-refractivity contribution is 0.403. The Morgan fingerprint density at radius 3 is 2.73 bits per heavy atom. The van der Waals surface area contributed by atoms with E-state index in [1.807, 2.05) is 36.4 Å². The second-order valence-electron chi connectivity index (χ2n) is 5.55. The quantitative estimate of drug-likeness (QED) is 0.475. The highest BCUT2D eigenvalue weighted by Gasteiger charge is 2.22. The Balaban J connectivity index is 1.79. The Bertz CT molecular complexity index is 1240. The Hall–Kier alpha value is -2.16. The third-order valence-electron chi connectivity index (χ3n) is 3.92. The number of halogens is 1. The molecule has 0 unspecified atom stereocenters. The van der Waals surface area contributed by atoms with Gasteiger partial charge in [-0.2, -0.15) is 0 Å². The summed E-state index contributed by atoms with van der Waals surface area (Å²) in [6.07, 6.45) is 0. The first-order valence-electron chi connectivity index (χ1n) is 7.62. The van der Waals surface area contributed by atoms with E-state index in [2.05, 4.69) is 25.6 Å². The smallest absolute Gasteiger partial charge is 0.267 e. The van der Waals surface area contributed by atoms with Gasteiger partial charge in [0, 0.05) is 9.86 Å². The molecule has 0 spiro atoms. The van der Waals surface area contributed by atoms with Crippen LogP contribution in [0.1, 0.15) is 0 Å². The van der Waals surface area contributed by atoms with Crippen molar-refractivity contribution in [2.45, 2.75) is 4.90 Å². The van der Waals surface area contributed by atoms with Crippen LogP contribution >= 0.6 is 27.3 Å². The first-order valence-corrected chi connectivity index (χ1v) is 10.7. The molecular weight excluding hydrogens is 436 g/mol. The van der Waals surface area contributed by atoms with Crippen molar-refractivity contribution in [2.75, 3.05) is 11.8 Å². The fourth-order valence-corrected chi connectivity index (χ4v) is 5.56. The molecule has 4 aromatic rings. The Labute approximate surface area is 162 Å². The number of ether oxygens (including phenoxy) is 1. The predicted molar refractivity (Wildman–Crippen MR) is 109 cm³/mol. The van der Waals surface area contributed by atoms with Crippen LogP contribution in [-0.2, 0) is 10.0 Å². The summed E-state index contributed by atoms with van der Waals surface area (Å²) in [6, 6.07) is 16.7. The van der Waals surface area contributed by atoms with Crippen molar-refractivity contribution in [2.24, 2.45) is 0 Å². The van der Waals surface area contributed by atoms with E-state index >= 15 is 0 Å². The maximum absolute atomic E-state index is 12.8. The molecule has 3 aromatic carbocycles. The monoisotopic (exact) mass is 448 g/mol. The topological polar surface area (TPSA) is 68.3 Å². The summed E-state index contributed by atoms with van der Waals surface area (Å²) >= 11 is 4.60. The Morgan fingerprint density at radius 2 is 1.92 bits per heavy atom. The highest BCUT2D eigenvalue weighted by molar-refractivity contribution is 9.10. The number of nitrogens with zero attached hydrogens (tertiary/aromatic N) is 1. The zero-order valence-electron chi connectivity index (χ0n) is 13.6. The summed E-state index contributed by atoms with van der Waals surface area (Å²) in [6.45, 7) is 0. The summed E-state index contributed by atoms with van der Waals surface area (Å²) in [4.78, 5) is 4.56. The minimum atomic E-state index is -3.84. The minimum Gasteiger partial charge on any atom is -0.495 e. The fraction of sp³-hybridized carbons (Fsp3) is 0.0556. The van der Waals surface area contributed by atoms with Crippen molar-refractivity contribution in [3.63, 3.8) is 0 Å². The maximum Gasteiger partial charge on any atom is 0.267 e. The van der Waals surface area contributed by atoms with Crippen molar-refractivity contribution >= 4 is 63.4 Å². The Morgan fingerprint density at radius 1 is 1.12 bits per heavy atom. The van der Waals surface area contributed by atoms with Gasteiger partial charge in [-0.25, -0.2) is 13.4 Å². The minimum absolute atomic E-state index is 0.0542. The molecule has 0 saturated heterocycles. The number of benzene rings is 3. The molecular formula is C18H13BrN2O3S2. The Kier molecular flexibility index (Phi) is 4.34. The number of sulfonamides is 1. The number of aromatic nitrogens is 1. The molecule has 1 heterocycles. The lowest BCUT2D eigenvalue weighted by Gasteiger charge is -2.10. The van der Waals surface area contributed by atoms with Crippen LogP contribution in [0.2, 0.25) is 0 Å². The summed E-state index contributed by atoms with van der Waals surface area (Å²) in [5.41, 5.74) is 0.784. The van der Waals surface area contributed by atoms with Gasteiger partial charge in [0.05, 0.1) is 17.3 Å². The van der Waals surface area contributed by atoms with Gasteiger partial charge < -0.3 is 4.74 Å². The van der Waals surface area contributed by atoms with Crippen LogP contribution in [-0.4, -0.2) is 20.5 Å². The fourth-order valence-electron chi connectivity index (χ4n) is 2.74. The molecule has 0 fully saturated rings. The average Bonchev–Trinajstić information content (AvgIpc) is 3.04. The molecule has 0 bridgehead atoms. The van der Waals surface area contributed by atoms with E-state index in [0.717, 1.165) is 21.0 Å². The largest absolute Gasteiger partial charge is 0.495 e. The number of nitrogens with one attached hydrogen (secondary N) is 1. The van der Waals surface area contributed by atoms with E-state index < -0.39 is 10.0 Å². The van der Waals surface area contributed by atoms with Gasteiger partial charge >= 0.3 is 0 Å². The standard InChI is InChI=1S/C18H13BrN2O3S2/c1-24-14-8-7-12(19)10-16(14)26(22,23)21-18-20-17-13-5-3-2-4-11(13)6-9-15(17)25-18/h2-10H,1H3,(H,20,21). The third-order valence-corrected chi connectivity index (χ3v) is 6.84. The number of anilines is 1. The van der Waals surface area contributed by atoms with Crippen molar-refractivity contribution in [3.8, 4) is 5.75 Å². The summed E-state index contributed by atoms with van der Waals surface area (Å²) in [5.74, 6) is 0.271. The second-order valence-corrected chi connectivity index (χ2v) is 9.15. The van der Waals surface area contributed by atoms with Gasteiger partial charge in [-0.05, 0) is 29.7 Å². The highest BCUT2D eigenvalue weighted by atomic mass is 79.9. The lowest BCUT2D eigenvalue weighted by Crippen LogP contribution is -2.14. The number of thiazole rings is 1. The van der Waals surface area contributed by atoms with Crippen molar-refractivity contribution in [1.29, 1.82) is 0 Å². The van der Waals surface area contributed by atoms with Gasteiger partial charge in [-0.15, -0.1) is 0 Å². The molecule has 0 radical (unpaired) electrons.